The highest BCUT2D eigenvalue weighted by molar-refractivity contribution is 9.10. The van der Waals surface area contributed by atoms with E-state index in [2.05, 4.69) is 31.9 Å². The van der Waals surface area contributed by atoms with Gasteiger partial charge in [0.15, 0.2) is 10.9 Å². The minimum Gasteiger partial charge on any atom is -0.494 e. The van der Waals surface area contributed by atoms with Crippen molar-refractivity contribution in [1.29, 1.82) is 0 Å². The number of hydrogen-bond donors (Lipinski definition) is 3. The van der Waals surface area contributed by atoms with Crippen LogP contribution in [0.2, 0.25) is 0 Å². The van der Waals surface area contributed by atoms with Crippen LogP contribution in [-0.2, 0) is 0 Å². The fourth-order valence-electron chi connectivity index (χ4n) is 3.09. The number of fused-ring (bicyclic) bond motifs is 1. The van der Waals surface area contributed by atoms with Crippen LogP contribution >= 0.6 is 28.1 Å². The van der Waals surface area contributed by atoms with Gasteiger partial charge in [0.2, 0.25) is 0 Å². The van der Waals surface area contributed by atoms with Gasteiger partial charge < -0.3 is 19.8 Å². The number of nitrogens with one attached hydrogen (secondary N) is 3. The number of carbonyl (C=O) groups excluding carboxylic acids is 2. The van der Waals surface area contributed by atoms with Gasteiger partial charge in [0.25, 0.3) is 11.8 Å². The first-order valence-corrected chi connectivity index (χ1v) is 11.0. The van der Waals surface area contributed by atoms with Crippen LogP contribution < -0.4 is 20.7 Å². The predicted octanol–water partition coefficient (Wildman–Crippen LogP) is 5.58. The molecule has 3 N–H and O–H groups in total. The van der Waals surface area contributed by atoms with Gasteiger partial charge in [-0.25, -0.2) is 0 Å². The second kappa shape index (κ2) is 9.85. The summed E-state index contributed by atoms with van der Waals surface area (Å²) in [5.74, 6) is -0.132. The minimum atomic E-state index is -0.400. The van der Waals surface area contributed by atoms with E-state index in [0.29, 0.717) is 28.3 Å². The lowest BCUT2D eigenvalue weighted by Crippen LogP contribution is -2.34. The Kier molecular flexibility index (Phi) is 6.71. The lowest BCUT2D eigenvalue weighted by molar-refractivity contribution is 0.0975. The minimum absolute atomic E-state index is 0.129. The molecule has 4 rings (SSSR count). The Balaban J connectivity index is 1.42. The van der Waals surface area contributed by atoms with Crippen LogP contribution in [0.25, 0.3) is 11.0 Å². The van der Waals surface area contributed by atoms with Crippen molar-refractivity contribution in [3.63, 3.8) is 0 Å². The molecular weight excluding hydrogens is 506 g/mol. The number of thiocarbonyl (C=S) groups is 1. The van der Waals surface area contributed by atoms with Crippen LogP contribution in [0.4, 0.5) is 11.4 Å². The number of methoxy groups -OCH3 is 1. The number of rotatable bonds is 5. The molecule has 0 aliphatic carbocycles. The quantitative estimate of drug-likeness (QED) is 0.295. The van der Waals surface area contributed by atoms with Gasteiger partial charge in [-0.2, -0.15) is 0 Å². The summed E-state index contributed by atoms with van der Waals surface area (Å²) in [7, 11) is 1.49. The molecule has 0 spiro atoms. The molecule has 166 valence electrons. The smallest absolute Gasteiger partial charge is 0.291 e. The standard InChI is InChI=1S/C24H18BrN3O4S/c1-31-20-13-17(26-24(33)28-22(29)14-6-8-16(25)9-7-14)10-11-18(20)27-23(30)21-12-15-4-2-3-5-19(15)32-21/h2-13H,1H3,(H,27,30)(H2,26,28,29,33). The van der Waals surface area contributed by atoms with E-state index >= 15 is 0 Å². The number of benzene rings is 3. The second-order valence-electron chi connectivity index (χ2n) is 6.93. The van der Waals surface area contributed by atoms with Gasteiger partial charge in [0.05, 0.1) is 12.8 Å². The molecule has 4 aromatic rings. The number of anilines is 2. The van der Waals surface area contributed by atoms with Gasteiger partial charge in [0.1, 0.15) is 11.3 Å². The van der Waals surface area contributed by atoms with Crippen molar-refractivity contribution in [3.05, 3.63) is 88.6 Å². The van der Waals surface area contributed by atoms with Gasteiger partial charge in [-0.15, -0.1) is 0 Å². The monoisotopic (exact) mass is 523 g/mol. The lowest BCUT2D eigenvalue weighted by atomic mass is 10.2. The summed E-state index contributed by atoms with van der Waals surface area (Å²) in [5.41, 5.74) is 2.14. The third-order valence-electron chi connectivity index (χ3n) is 4.69. The van der Waals surface area contributed by atoms with Crippen molar-refractivity contribution in [2.45, 2.75) is 0 Å². The van der Waals surface area contributed by atoms with Crippen molar-refractivity contribution >= 4 is 67.4 Å². The largest absolute Gasteiger partial charge is 0.494 e. The Morgan fingerprint density at radius 1 is 0.939 bits per heavy atom. The number of hydrogen-bond acceptors (Lipinski definition) is 5. The molecule has 0 unspecified atom stereocenters. The molecule has 0 saturated heterocycles. The van der Waals surface area contributed by atoms with Gasteiger partial charge >= 0.3 is 0 Å². The third kappa shape index (κ3) is 5.39. The zero-order valence-corrected chi connectivity index (χ0v) is 19.7. The van der Waals surface area contributed by atoms with Crippen molar-refractivity contribution in [2.75, 3.05) is 17.7 Å². The van der Waals surface area contributed by atoms with Gasteiger partial charge in [-0.3, -0.25) is 14.9 Å². The van der Waals surface area contributed by atoms with Gasteiger partial charge in [-0.05, 0) is 60.7 Å². The molecule has 0 saturated carbocycles. The maximum atomic E-state index is 12.6. The second-order valence-corrected chi connectivity index (χ2v) is 8.26. The van der Waals surface area contributed by atoms with Crippen molar-refractivity contribution in [1.82, 2.24) is 5.32 Å². The van der Waals surface area contributed by atoms with E-state index in [1.165, 1.54) is 7.11 Å². The Morgan fingerprint density at radius 2 is 1.70 bits per heavy atom. The first-order valence-electron chi connectivity index (χ1n) is 9.79. The predicted molar refractivity (Wildman–Crippen MR) is 135 cm³/mol. The van der Waals surface area contributed by atoms with Crippen LogP contribution in [0, 0.1) is 0 Å². The number of para-hydroxylation sites is 1. The number of carbonyl (C=O) groups is 2. The maximum absolute atomic E-state index is 12.6. The molecule has 3 aromatic carbocycles. The summed E-state index contributed by atoms with van der Waals surface area (Å²) in [6.07, 6.45) is 0. The number of ether oxygens (including phenoxy) is 1. The molecule has 7 nitrogen and oxygen atoms in total. The zero-order chi connectivity index (χ0) is 23.4. The number of furan rings is 1. The molecule has 2 amide bonds. The fourth-order valence-corrected chi connectivity index (χ4v) is 3.56. The lowest BCUT2D eigenvalue weighted by Gasteiger charge is -2.13. The van der Waals surface area contributed by atoms with Crippen molar-refractivity contribution in [2.24, 2.45) is 0 Å². The Morgan fingerprint density at radius 3 is 2.42 bits per heavy atom. The molecule has 1 aromatic heterocycles. The number of amides is 2. The molecule has 0 bridgehead atoms. The molecule has 0 aliphatic rings. The highest BCUT2D eigenvalue weighted by Crippen LogP contribution is 2.29. The molecule has 0 aliphatic heterocycles. The Hall–Kier alpha value is -3.69. The van der Waals surface area contributed by atoms with E-state index in [9.17, 15) is 9.59 Å². The summed E-state index contributed by atoms with van der Waals surface area (Å²) < 4.78 is 11.9. The average Bonchev–Trinajstić information content (AvgIpc) is 3.25. The van der Waals surface area contributed by atoms with Crippen molar-refractivity contribution in [3.8, 4) is 5.75 Å². The third-order valence-corrected chi connectivity index (χ3v) is 5.42. The van der Waals surface area contributed by atoms with E-state index in [-0.39, 0.29) is 16.8 Å². The molecule has 33 heavy (non-hydrogen) atoms. The van der Waals surface area contributed by atoms with Crippen LogP contribution in [0.5, 0.6) is 5.75 Å². The van der Waals surface area contributed by atoms with Gasteiger partial charge in [-0.1, -0.05) is 34.1 Å². The summed E-state index contributed by atoms with van der Waals surface area (Å²) >= 11 is 8.57. The molecular formula is C24H18BrN3O4S. The van der Waals surface area contributed by atoms with Crippen LogP contribution in [-0.4, -0.2) is 24.0 Å². The van der Waals surface area contributed by atoms with Gasteiger partial charge in [0, 0.05) is 27.2 Å². The number of halogens is 1. The highest BCUT2D eigenvalue weighted by atomic mass is 79.9. The van der Waals surface area contributed by atoms with Crippen LogP contribution in [0.3, 0.4) is 0 Å². The highest BCUT2D eigenvalue weighted by Gasteiger charge is 2.15. The average molecular weight is 524 g/mol. The SMILES string of the molecule is COc1cc(NC(=S)NC(=O)c2ccc(Br)cc2)ccc1NC(=O)c1cc2ccccc2o1. The van der Waals surface area contributed by atoms with E-state index in [1.807, 2.05) is 18.2 Å². The maximum Gasteiger partial charge on any atom is 0.291 e. The van der Waals surface area contributed by atoms with E-state index in [1.54, 1.807) is 54.6 Å². The van der Waals surface area contributed by atoms with Crippen LogP contribution in [0.1, 0.15) is 20.9 Å². The normalized spacial score (nSPS) is 10.5. The van der Waals surface area contributed by atoms with E-state index in [4.69, 9.17) is 21.4 Å². The molecule has 9 heteroatoms. The van der Waals surface area contributed by atoms with Crippen molar-refractivity contribution < 1.29 is 18.7 Å². The first kappa shape index (κ1) is 22.5. The first-order chi connectivity index (χ1) is 15.9. The summed E-state index contributed by atoms with van der Waals surface area (Å²) in [6, 6.07) is 21.0. The zero-order valence-electron chi connectivity index (χ0n) is 17.3. The molecule has 0 radical (unpaired) electrons. The van der Waals surface area contributed by atoms with Crippen LogP contribution in [0.15, 0.2) is 81.7 Å². The summed E-state index contributed by atoms with van der Waals surface area (Å²) in [6.45, 7) is 0. The Labute approximate surface area is 203 Å². The van der Waals surface area contributed by atoms with E-state index in [0.717, 1.165) is 9.86 Å². The molecule has 1 heterocycles. The molecule has 0 fully saturated rings. The topological polar surface area (TPSA) is 92.6 Å². The van der Waals surface area contributed by atoms with E-state index < -0.39 is 5.91 Å². The molecule has 0 atom stereocenters. The Bertz CT molecular complexity index is 1320. The summed E-state index contributed by atoms with van der Waals surface area (Å²) in [5, 5.41) is 9.32. The fraction of sp³-hybridized carbons (Fsp3) is 0.0417. The summed E-state index contributed by atoms with van der Waals surface area (Å²) in [4.78, 5) is 25.0.